The topological polar surface area (TPSA) is 102 Å². The molecule has 2 amide bonds. The van der Waals surface area contributed by atoms with Crippen molar-refractivity contribution >= 4 is 42.9 Å². The summed E-state index contributed by atoms with van der Waals surface area (Å²) < 4.78 is 4.23. The molecule has 0 saturated carbocycles. The molecule has 0 aromatic heterocycles. The third-order valence-corrected chi connectivity index (χ3v) is 6.22. The smallest absolute Gasteiger partial charge is 0.410 e. The number of likely N-dealkylation sites (tertiary alicyclic amines) is 1. The zero-order chi connectivity index (χ0) is 21.8. The lowest BCUT2D eigenvalue weighted by Gasteiger charge is -2.38. The van der Waals surface area contributed by atoms with Crippen LogP contribution in [0.1, 0.15) is 25.3 Å². The van der Waals surface area contributed by atoms with Crippen LogP contribution in [-0.2, 0) is 21.0 Å². The minimum absolute atomic E-state index is 0.0406. The lowest BCUT2D eigenvalue weighted by atomic mass is 9.92. The van der Waals surface area contributed by atoms with Gasteiger partial charge in [-0.25, -0.2) is 9.86 Å². The van der Waals surface area contributed by atoms with Crippen LogP contribution in [0.25, 0.3) is 0 Å². The number of thiol groups is 2. The molecule has 1 aromatic rings. The Kier molecular flexibility index (Phi) is 7.78. The van der Waals surface area contributed by atoms with E-state index in [4.69, 9.17) is 9.57 Å². The van der Waals surface area contributed by atoms with Gasteiger partial charge in [-0.3, -0.25) is 19.7 Å². The Hall–Kier alpha value is -1.98. The monoisotopic (exact) mass is 443 g/mol. The van der Waals surface area contributed by atoms with E-state index in [-0.39, 0.29) is 23.5 Å². The number of benzene rings is 1. The molecule has 1 aliphatic heterocycles. The zero-order valence-corrected chi connectivity index (χ0v) is 18.3. The van der Waals surface area contributed by atoms with E-state index in [1.165, 1.54) is 43.3 Å². The van der Waals surface area contributed by atoms with Crippen molar-refractivity contribution in [1.82, 2.24) is 9.96 Å². The number of nitro groups is 1. The lowest BCUT2D eigenvalue weighted by molar-refractivity contribution is -0.384. The van der Waals surface area contributed by atoms with Gasteiger partial charge < -0.3 is 9.64 Å². The first-order chi connectivity index (χ1) is 13.6. The van der Waals surface area contributed by atoms with Gasteiger partial charge in [0.1, 0.15) is 11.4 Å². The van der Waals surface area contributed by atoms with E-state index in [1.807, 2.05) is 6.92 Å². The maximum Gasteiger partial charge on any atom is 0.410 e. The number of hydrogen-bond acceptors (Lipinski definition) is 8. The average Bonchev–Trinajstić information content (AvgIpc) is 3.12. The molecule has 3 atom stereocenters. The van der Waals surface area contributed by atoms with Gasteiger partial charge in [-0.2, -0.15) is 25.3 Å². The molecule has 1 aromatic carbocycles. The van der Waals surface area contributed by atoms with Gasteiger partial charge in [0.15, 0.2) is 0 Å². The summed E-state index contributed by atoms with van der Waals surface area (Å²) in [5.41, 5.74) is 0.575. The molecule has 1 fully saturated rings. The number of carbonyl (C=O) groups is 2. The van der Waals surface area contributed by atoms with Crippen LogP contribution in [0.2, 0.25) is 0 Å². The number of carbonyl (C=O) groups excluding carboxylic acids is 2. The molecule has 2 rings (SSSR count). The molecular formula is C18H25N3O6S2. The second-order valence-electron chi connectivity index (χ2n) is 6.80. The van der Waals surface area contributed by atoms with Crippen molar-refractivity contribution in [2.75, 3.05) is 20.7 Å². The van der Waals surface area contributed by atoms with Crippen LogP contribution < -0.4 is 0 Å². The molecule has 9 nitrogen and oxygen atoms in total. The molecule has 0 spiro atoms. The highest BCUT2D eigenvalue weighted by molar-refractivity contribution is 7.83. The normalized spacial score (nSPS) is 20.8. The van der Waals surface area contributed by atoms with E-state index in [0.717, 1.165) is 5.06 Å². The summed E-state index contributed by atoms with van der Waals surface area (Å²) in [6, 6.07) is 5.23. The van der Waals surface area contributed by atoms with Crippen LogP contribution in [0.4, 0.5) is 10.5 Å². The van der Waals surface area contributed by atoms with Crippen LogP contribution in [0, 0.1) is 10.1 Å². The SMILES string of the molecule is CCC(S)(C(=O)N(C)OC)[C@@H]1C[C@@H](S)CN1C(=O)OCc1ccc([N+](=O)[O-])cc1. The molecule has 0 N–H and O–H groups in total. The molecule has 0 aliphatic carbocycles. The summed E-state index contributed by atoms with van der Waals surface area (Å²) in [6.07, 6.45) is 0.265. The molecule has 0 radical (unpaired) electrons. The number of hydrogen-bond donors (Lipinski definition) is 2. The standard InChI is InChI=1S/C18H25N3O6S2/c1-4-18(29,16(22)19(2)26-3)15-9-14(28)10-20(15)17(23)27-11-12-5-7-13(8-6-12)21(24)25/h5-8,14-15,28-29H,4,9-11H2,1-3H3/t14-,15+,18?/m1/s1. The molecule has 160 valence electrons. The minimum Gasteiger partial charge on any atom is -0.445 e. The fourth-order valence-corrected chi connectivity index (χ4v) is 4.06. The van der Waals surface area contributed by atoms with Crippen molar-refractivity contribution < 1.29 is 24.1 Å². The van der Waals surface area contributed by atoms with Gasteiger partial charge in [0.2, 0.25) is 0 Å². The van der Waals surface area contributed by atoms with Crippen LogP contribution in [0.5, 0.6) is 0 Å². The molecule has 1 heterocycles. The summed E-state index contributed by atoms with van der Waals surface area (Å²) in [7, 11) is 2.88. The van der Waals surface area contributed by atoms with Crippen molar-refractivity contribution in [3.63, 3.8) is 0 Å². The largest absolute Gasteiger partial charge is 0.445 e. The summed E-state index contributed by atoms with van der Waals surface area (Å²) in [5, 5.41) is 11.7. The van der Waals surface area contributed by atoms with Crippen molar-refractivity contribution in [3.05, 3.63) is 39.9 Å². The van der Waals surface area contributed by atoms with E-state index in [1.54, 1.807) is 0 Å². The van der Waals surface area contributed by atoms with E-state index in [0.29, 0.717) is 24.9 Å². The van der Waals surface area contributed by atoms with Gasteiger partial charge in [-0.05, 0) is 30.5 Å². The maximum absolute atomic E-state index is 12.8. The highest BCUT2D eigenvalue weighted by Crippen LogP contribution is 2.38. The average molecular weight is 444 g/mol. The zero-order valence-electron chi connectivity index (χ0n) is 16.5. The van der Waals surface area contributed by atoms with E-state index < -0.39 is 21.8 Å². The first kappa shape index (κ1) is 23.3. The van der Waals surface area contributed by atoms with Gasteiger partial charge in [0.05, 0.1) is 18.1 Å². The van der Waals surface area contributed by atoms with Gasteiger partial charge >= 0.3 is 6.09 Å². The summed E-state index contributed by atoms with van der Waals surface area (Å²) in [4.78, 5) is 42.3. The Bertz CT molecular complexity index is 762. The molecule has 11 heteroatoms. The second kappa shape index (κ2) is 9.68. The Morgan fingerprint density at radius 3 is 2.52 bits per heavy atom. The summed E-state index contributed by atoms with van der Waals surface area (Å²) in [6.45, 7) is 2.09. The molecule has 1 unspecified atom stereocenters. The van der Waals surface area contributed by atoms with E-state index >= 15 is 0 Å². The Morgan fingerprint density at radius 2 is 2.00 bits per heavy atom. The highest BCUT2D eigenvalue weighted by atomic mass is 32.1. The van der Waals surface area contributed by atoms with Crippen molar-refractivity contribution in [3.8, 4) is 0 Å². The third kappa shape index (κ3) is 5.14. The number of nitro benzene ring substituents is 1. The van der Waals surface area contributed by atoms with Crippen molar-refractivity contribution in [2.45, 2.75) is 42.4 Å². The molecule has 1 saturated heterocycles. The van der Waals surface area contributed by atoms with E-state index in [2.05, 4.69) is 25.3 Å². The van der Waals surface area contributed by atoms with E-state index in [9.17, 15) is 19.7 Å². The van der Waals surface area contributed by atoms with Crippen LogP contribution in [0.15, 0.2) is 24.3 Å². The minimum atomic E-state index is -1.16. The highest BCUT2D eigenvalue weighted by Gasteiger charge is 2.51. The summed E-state index contributed by atoms with van der Waals surface area (Å²) >= 11 is 9.13. The molecule has 0 bridgehead atoms. The fourth-order valence-electron chi connectivity index (χ4n) is 3.30. The first-order valence-electron chi connectivity index (χ1n) is 9.03. The van der Waals surface area contributed by atoms with Crippen molar-refractivity contribution in [2.24, 2.45) is 0 Å². The number of rotatable bonds is 7. The predicted octanol–water partition coefficient (Wildman–Crippen LogP) is 2.70. The number of ether oxygens (including phenoxy) is 1. The third-order valence-electron chi connectivity index (χ3n) is 5.04. The number of hydroxylamine groups is 2. The Balaban J connectivity index is 2.12. The Morgan fingerprint density at radius 1 is 1.38 bits per heavy atom. The first-order valence-corrected chi connectivity index (χ1v) is 9.99. The maximum atomic E-state index is 12.8. The lowest BCUT2D eigenvalue weighted by Crippen LogP contribution is -2.56. The van der Waals surface area contributed by atoms with Crippen molar-refractivity contribution in [1.29, 1.82) is 0 Å². The molecule has 29 heavy (non-hydrogen) atoms. The van der Waals surface area contributed by atoms with Crippen LogP contribution in [0.3, 0.4) is 0 Å². The summed E-state index contributed by atoms with van der Waals surface area (Å²) in [5.74, 6) is -0.355. The molecular weight excluding hydrogens is 418 g/mol. The molecule has 1 aliphatic rings. The fraction of sp³-hybridized carbons (Fsp3) is 0.556. The number of nitrogens with zero attached hydrogens (tertiary/aromatic N) is 3. The number of amides is 2. The predicted molar refractivity (Wildman–Crippen MR) is 113 cm³/mol. The van der Waals surface area contributed by atoms with Gasteiger partial charge in [0.25, 0.3) is 11.6 Å². The van der Waals surface area contributed by atoms with Crippen LogP contribution >= 0.6 is 25.3 Å². The number of non-ortho nitro benzene ring substituents is 1. The van der Waals surface area contributed by atoms with Gasteiger partial charge in [-0.1, -0.05) is 6.92 Å². The second-order valence-corrected chi connectivity index (χ2v) is 8.33. The van der Waals surface area contributed by atoms with Gasteiger partial charge in [0, 0.05) is 31.0 Å². The van der Waals surface area contributed by atoms with Crippen LogP contribution in [-0.4, -0.2) is 63.6 Å². The Labute approximate surface area is 180 Å². The quantitative estimate of drug-likeness (QED) is 0.382. The van der Waals surface area contributed by atoms with Gasteiger partial charge in [-0.15, -0.1) is 0 Å².